The smallest absolute Gasteiger partial charge is 0.313 e. The summed E-state index contributed by atoms with van der Waals surface area (Å²) in [5.41, 5.74) is -1.23. The molecular weight excluding hydrogens is 714 g/mol. The van der Waals surface area contributed by atoms with Crippen LogP contribution in [0.1, 0.15) is 99.0 Å². The van der Waals surface area contributed by atoms with Gasteiger partial charge in [-0.2, -0.15) is 0 Å². The van der Waals surface area contributed by atoms with E-state index in [1.165, 1.54) is 47.0 Å². The maximum atomic E-state index is 14.2. The molecule has 1 aromatic rings. The van der Waals surface area contributed by atoms with Crippen molar-refractivity contribution in [1.29, 1.82) is 0 Å². The van der Waals surface area contributed by atoms with Crippen LogP contribution in [0.4, 0.5) is 0 Å². The molecule has 14 heteroatoms. The van der Waals surface area contributed by atoms with Crippen LogP contribution < -0.4 is 14.8 Å². The highest BCUT2D eigenvalue weighted by Crippen LogP contribution is 2.48. The monoisotopic (exact) mass is 765 g/mol. The third-order valence-corrected chi connectivity index (χ3v) is 10.5. The molecule has 0 saturated heterocycles. The van der Waals surface area contributed by atoms with E-state index in [0.717, 1.165) is 12.3 Å². The number of ether oxygens (including phenoxy) is 5. The zero-order valence-electron chi connectivity index (χ0n) is 33.0. The number of carbonyl (C=O) groups excluding carboxylic acids is 6. The highest BCUT2D eigenvalue weighted by atomic mass is 16.7. The van der Waals surface area contributed by atoms with E-state index in [1.54, 1.807) is 53.7 Å². The molecule has 1 aromatic carbocycles. The third kappa shape index (κ3) is 8.51. The number of carbonyl (C=O) groups is 6. The highest BCUT2D eigenvalue weighted by molar-refractivity contribution is 6.31. The molecule has 3 aliphatic heterocycles. The SMILES string of the molecule is CO[C@H]1/C=C/O[C@@]2(C)Oc3c(C)c(OC(=O)C(C)C)c4c(c3C2=O)C(=O)C=C(NC(=O)/C(C)=C\C=C\[C@H](C)[C@H](O)[C@@H](C)[C@H](O)[C@H](C)[C@H](OC(C)=O)[C@@H]1C)C4=O. The number of fused-ring (bicyclic) bond motifs is 14. The van der Waals surface area contributed by atoms with Crippen molar-refractivity contribution in [2.24, 2.45) is 29.6 Å². The summed E-state index contributed by atoms with van der Waals surface area (Å²) in [6.45, 7) is 15.5. The standard InChI is InChI=1S/C41H51NO13/c1-18(2)40(50)54-36-24(8)37-31-29-27(44)17-26(34(47)30(29)36)42-39(49)20(4)14-12-13-19(3)32(45)22(6)33(46)23(7)35(53-25(9)43)21(5)28(51-11)15-16-52-41(10,55-37)38(31)48/h12-19,21-23,28,32-33,35,45-46H,1-11H3,(H,42,49)/b13-12+,16-15+,20-14-/t19-,21+,22+,23-,28-,32-,33-,35+,41-/m0/s1. The number of esters is 2. The van der Waals surface area contributed by atoms with E-state index in [1.807, 2.05) is 0 Å². The van der Waals surface area contributed by atoms with E-state index in [0.29, 0.717) is 0 Å². The molecular formula is C41H51NO13. The largest absolute Gasteiger partial charge is 0.462 e. The van der Waals surface area contributed by atoms with Crippen molar-refractivity contribution in [2.75, 3.05) is 7.11 Å². The number of allylic oxidation sites excluding steroid dienone is 4. The van der Waals surface area contributed by atoms with Crippen molar-refractivity contribution in [3.05, 3.63) is 70.2 Å². The van der Waals surface area contributed by atoms with Crippen LogP contribution in [0.15, 0.2) is 47.9 Å². The second-order valence-corrected chi connectivity index (χ2v) is 14.9. The number of aliphatic hydroxyl groups is 2. The third-order valence-electron chi connectivity index (χ3n) is 10.5. The Morgan fingerprint density at radius 3 is 2.18 bits per heavy atom. The first-order chi connectivity index (χ1) is 25.7. The maximum absolute atomic E-state index is 14.2. The second-order valence-electron chi connectivity index (χ2n) is 14.9. The van der Waals surface area contributed by atoms with Crippen molar-refractivity contribution in [3.8, 4) is 11.5 Å². The summed E-state index contributed by atoms with van der Waals surface area (Å²) in [6.07, 6.45) is 4.24. The Labute approximate surface area is 320 Å². The molecule has 1 amide bonds. The molecule has 3 heterocycles. The number of amides is 1. The Bertz CT molecular complexity index is 1890. The lowest BCUT2D eigenvalue weighted by atomic mass is 9.78. The van der Waals surface area contributed by atoms with Gasteiger partial charge in [-0.15, -0.1) is 0 Å². The molecule has 0 unspecified atom stereocenters. The van der Waals surface area contributed by atoms with E-state index >= 15 is 0 Å². The summed E-state index contributed by atoms with van der Waals surface area (Å²) in [5, 5.41) is 25.1. The van der Waals surface area contributed by atoms with Gasteiger partial charge < -0.3 is 39.2 Å². The van der Waals surface area contributed by atoms with Crippen LogP contribution in [0, 0.1) is 36.5 Å². The number of nitrogens with one attached hydrogen (secondary N) is 1. The van der Waals surface area contributed by atoms with Gasteiger partial charge in [0.2, 0.25) is 5.78 Å². The van der Waals surface area contributed by atoms with E-state index in [4.69, 9.17) is 23.7 Å². The Balaban J connectivity index is 1.90. The number of methoxy groups -OCH3 is 1. The van der Waals surface area contributed by atoms with Gasteiger partial charge in [-0.1, -0.05) is 59.8 Å². The first kappa shape index (κ1) is 42.8. The van der Waals surface area contributed by atoms with Gasteiger partial charge in [-0.05, 0) is 19.9 Å². The molecule has 0 aromatic heterocycles. The molecule has 298 valence electrons. The summed E-state index contributed by atoms with van der Waals surface area (Å²) in [7, 11) is 1.42. The average Bonchev–Trinajstić information content (AvgIpc) is 3.39. The zero-order valence-corrected chi connectivity index (χ0v) is 33.0. The number of ketones is 3. The quantitative estimate of drug-likeness (QED) is 0.286. The molecule has 0 fully saturated rings. The molecule has 4 aliphatic rings. The fraction of sp³-hybridized carbons (Fsp3) is 0.512. The minimum absolute atomic E-state index is 0.0681. The summed E-state index contributed by atoms with van der Waals surface area (Å²) >= 11 is 0. The van der Waals surface area contributed by atoms with Gasteiger partial charge in [0.05, 0.1) is 52.9 Å². The molecule has 0 radical (unpaired) electrons. The average molecular weight is 766 g/mol. The normalized spacial score (nSPS) is 32.4. The topological polar surface area (TPSA) is 201 Å². The van der Waals surface area contributed by atoms with Gasteiger partial charge in [0, 0.05) is 61.8 Å². The summed E-state index contributed by atoms with van der Waals surface area (Å²) in [4.78, 5) is 80.7. The molecule has 0 saturated carbocycles. The summed E-state index contributed by atoms with van der Waals surface area (Å²) in [5.74, 6) is -10.2. The van der Waals surface area contributed by atoms with Crippen molar-refractivity contribution < 1.29 is 62.7 Å². The van der Waals surface area contributed by atoms with E-state index in [2.05, 4.69) is 5.32 Å². The number of Topliss-reactive ketones (excluding diaryl/α,β-unsaturated/α-hetero) is 2. The van der Waals surface area contributed by atoms with Crippen LogP contribution in [-0.4, -0.2) is 82.7 Å². The molecule has 0 spiro atoms. The van der Waals surface area contributed by atoms with Crippen LogP contribution in [0.2, 0.25) is 0 Å². The van der Waals surface area contributed by atoms with Gasteiger partial charge in [0.25, 0.3) is 11.7 Å². The Hall–Kier alpha value is -4.92. The number of hydrogen-bond acceptors (Lipinski definition) is 13. The van der Waals surface area contributed by atoms with Gasteiger partial charge in [0.1, 0.15) is 17.6 Å². The lowest BCUT2D eigenvalue weighted by Gasteiger charge is -2.38. The highest BCUT2D eigenvalue weighted by Gasteiger charge is 2.52. The first-order valence-electron chi connectivity index (χ1n) is 18.2. The first-order valence-corrected chi connectivity index (χ1v) is 18.2. The zero-order chi connectivity index (χ0) is 41.3. The maximum Gasteiger partial charge on any atom is 0.313 e. The molecule has 5 bridgehead atoms. The van der Waals surface area contributed by atoms with Gasteiger partial charge in [-0.25, -0.2) is 0 Å². The van der Waals surface area contributed by atoms with Gasteiger partial charge in [0.15, 0.2) is 5.78 Å². The fourth-order valence-corrected chi connectivity index (χ4v) is 6.95. The van der Waals surface area contributed by atoms with Crippen LogP contribution >= 0.6 is 0 Å². The Kier molecular flexibility index (Phi) is 13.1. The predicted molar refractivity (Wildman–Crippen MR) is 198 cm³/mol. The predicted octanol–water partition coefficient (Wildman–Crippen LogP) is 4.49. The number of hydrogen-bond donors (Lipinski definition) is 3. The molecule has 55 heavy (non-hydrogen) atoms. The fourth-order valence-electron chi connectivity index (χ4n) is 6.95. The van der Waals surface area contributed by atoms with Crippen molar-refractivity contribution in [1.82, 2.24) is 5.32 Å². The second kappa shape index (κ2) is 16.8. The van der Waals surface area contributed by atoms with Crippen molar-refractivity contribution >= 4 is 35.2 Å². The van der Waals surface area contributed by atoms with Gasteiger partial charge in [-0.3, -0.25) is 28.8 Å². The number of rotatable bonds is 4. The van der Waals surface area contributed by atoms with Crippen molar-refractivity contribution in [2.45, 2.75) is 99.4 Å². The Morgan fingerprint density at radius 1 is 0.927 bits per heavy atom. The summed E-state index contributed by atoms with van der Waals surface area (Å²) in [6, 6.07) is 0. The van der Waals surface area contributed by atoms with E-state index in [9.17, 15) is 39.0 Å². The molecule has 3 N–H and O–H groups in total. The van der Waals surface area contributed by atoms with Crippen molar-refractivity contribution in [3.63, 3.8) is 0 Å². The molecule has 9 atom stereocenters. The minimum Gasteiger partial charge on any atom is -0.462 e. The minimum atomic E-state index is -2.08. The lowest BCUT2D eigenvalue weighted by molar-refractivity contribution is -0.160. The Morgan fingerprint density at radius 2 is 1.58 bits per heavy atom. The summed E-state index contributed by atoms with van der Waals surface area (Å²) < 4.78 is 29.1. The number of benzene rings is 1. The van der Waals surface area contributed by atoms with Crippen LogP contribution in [0.25, 0.3) is 0 Å². The number of aliphatic hydroxyl groups excluding tert-OH is 2. The molecule has 1 aliphatic carbocycles. The van der Waals surface area contributed by atoms with Crippen LogP contribution in [0.3, 0.4) is 0 Å². The molecule has 5 rings (SSSR count). The van der Waals surface area contributed by atoms with Crippen LogP contribution in [-0.2, 0) is 28.6 Å². The van der Waals surface area contributed by atoms with Gasteiger partial charge >= 0.3 is 17.7 Å². The van der Waals surface area contributed by atoms with Crippen LogP contribution in [0.5, 0.6) is 11.5 Å². The molecule has 14 nitrogen and oxygen atoms in total. The lowest BCUT2D eigenvalue weighted by Crippen LogP contribution is -2.46. The van der Waals surface area contributed by atoms with E-state index in [-0.39, 0.29) is 39.3 Å². The van der Waals surface area contributed by atoms with E-state index < -0.39 is 101 Å².